The van der Waals surface area contributed by atoms with Gasteiger partial charge >= 0.3 is 0 Å². The van der Waals surface area contributed by atoms with Gasteiger partial charge in [-0.25, -0.2) is 0 Å². The molecule has 1 N–H and O–H groups in total. The molecule has 1 fully saturated rings. The molecule has 1 aliphatic rings. The smallest absolute Gasteiger partial charge is 0.0415 e. The van der Waals surface area contributed by atoms with E-state index in [0.717, 1.165) is 18.4 Å². The van der Waals surface area contributed by atoms with Crippen LogP contribution >= 0.6 is 15.9 Å². The van der Waals surface area contributed by atoms with Crippen molar-refractivity contribution in [2.24, 2.45) is 11.8 Å². The zero-order valence-corrected chi connectivity index (χ0v) is 15.4. The van der Waals surface area contributed by atoms with Gasteiger partial charge in [0, 0.05) is 29.3 Å². The van der Waals surface area contributed by atoms with Crippen molar-refractivity contribution in [3.05, 3.63) is 28.2 Å². The molecule has 0 aliphatic carbocycles. The van der Waals surface area contributed by atoms with Crippen molar-refractivity contribution in [3.63, 3.8) is 0 Å². The van der Waals surface area contributed by atoms with Crippen LogP contribution in [-0.4, -0.2) is 19.6 Å². The third-order valence-corrected chi connectivity index (χ3v) is 4.86. The second-order valence-corrected chi connectivity index (χ2v) is 7.65. The van der Waals surface area contributed by atoms with Gasteiger partial charge in [-0.2, -0.15) is 0 Å². The fraction of sp³-hybridized carbons (Fsp3) is 0.667. The summed E-state index contributed by atoms with van der Waals surface area (Å²) in [6, 6.07) is 7.14. The Hall–Kier alpha value is -0.540. The molecule has 0 saturated carbocycles. The lowest BCUT2D eigenvalue weighted by Crippen LogP contribution is -2.39. The summed E-state index contributed by atoms with van der Waals surface area (Å²) in [7, 11) is 0. The van der Waals surface area contributed by atoms with Crippen LogP contribution in [0.15, 0.2) is 22.7 Å². The van der Waals surface area contributed by atoms with E-state index in [0.29, 0.717) is 6.04 Å². The molecular formula is C18H29BrN2. The Balaban J connectivity index is 2.25. The van der Waals surface area contributed by atoms with Crippen LogP contribution in [-0.2, 0) is 0 Å². The number of nitrogens with zero attached hydrogens (tertiary/aromatic N) is 1. The largest absolute Gasteiger partial charge is 0.371 e. The average molecular weight is 353 g/mol. The summed E-state index contributed by atoms with van der Waals surface area (Å²) in [5.41, 5.74) is 2.83. The first-order valence-electron chi connectivity index (χ1n) is 8.29. The van der Waals surface area contributed by atoms with Gasteiger partial charge in [0.2, 0.25) is 0 Å². The number of halogens is 1. The van der Waals surface area contributed by atoms with Crippen molar-refractivity contribution in [3.8, 4) is 0 Å². The zero-order chi connectivity index (χ0) is 15.4. The molecule has 0 spiro atoms. The minimum Gasteiger partial charge on any atom is -0.371 e. The monoisotopic (exact) mass is 352 g/mol. The Bertz CT molecular complexity index is 451. The lowest BCUT2D eigenvalue weighted by Gasteiger charge is -2.38. The molecule has 0 aromatic heterocycles. The van der Waals surface area contributed by atoms with E-state index in [1.807, 2.05) is 0 Å². The summed E-state index contributed by atoms with van der Waals surface area (Å²) >= 11 is 3.63. The van der Waals surface area contributed by atoms with Gasteiger partial charge in [-0.15, -0.1) is 0 Å². The van der Waals surface area contributed by atoms with E-state index >= 15 is 0 Å². The minimum atomic E-state index is 0.394. The molecule has 1 aromatic carbocycles. The maximum atomic E-state index is 3.63. The highest BCUT2D eigenvalue weighted by molar-refractivity contribution is 9.10. The van der Waals surface area contributed by atoms with Crippen molar-refractivity contribution in [2.75, 3.05) is 24.5 Å². The maximum absolute atomic E-state index is 3.63. The third kappa shape index (κ3) is 4.46. The van der Waals surface area contributed by atoms with Crippen LogP contribution in [0.3, 0.4) is 0 Å². The van der Waals surface area contributed by atoms with Crippen LogP contribution < -0.4 is 10.2 Å². The average Bonchev–Trinajstić information content (AvgIpc) is 2.43. The Morgan fingerprint density at radius 2 is 1.95 bits per heavy atom. The highest BCUT2D eigenvalue weighted by atomic mass is 79.9. The molecule has 0 radical (unpaired) electrons. The summed E-state index contributed by atoms with van der Waals surface area (Å²) < 4.78 is 1.17. The first-order chi connectivity index (χ1) is 10.0. The molecule has 1 saturated heterocycles. The Labute approximate surface area is 138 Å². The maximum Gasteiger partial charge on any atom is 0.0415 e. The predicted octanol–water partition coefficient (Wildman–Crippen LogP) is 4.99. The van der Waals surface area contributed by atoms with Crippen molar-refractivity contribution in [1.29, 1.82) is 0 Å². The molecule has 0 amide bonds. The van der Waals surface area contributed by atoms with Crippen LogP contribution in [0.5, 0.6) is 0 Å². The number of piperidine rings is 1. The predicted molar refractivity (Wildman–Crippen MR) is 96.0 cm³/mol. The van der Waals surface area contributed by atoms with Crippen LogP contribution in [0.25, 0.3) is 0 Å². The highest BCUT2D eigenvalue weighted by Crippen LogP contribution is 2.33. The second kappa shape index (κ2) is 7.64. The van der Waals surface area contributed by atoms with Crippen molar-refractivity contribution < 1.29 is 0 Å². The molecule has 2 nitrogen and oxygen atoms in total. The number of nitrogens with one attached hydrogen (secondary N) is 1. The molecule has 2 rings (SSSR count). The summed E-state index contributed by atoms with van der Waals surface area (Å²) in [4.78, 5) is 2.59. The summed E-state index contributed by atoms with van der Waals surface area (Å²) in [5.74, 6) is 1.56. The third-order valence-electron chi connectivity index (χ3n) is 4.37. The molecule has 0 bridgehead atoms. The van der Waals surface area contributed by atoms with Gasteiger partial charge in [-0.05, 0) is 61.9 Å². The number of hydrogen-bond donors (Lipinski definition) is 1. The van der Waals surface area contributed by atoms with Crippen LogP contribution in [0.1, 0.15) is 52.1 Å². The number of anilines is 1. The molecule has 21 heavy (non-hydrogen) atoms. The van der Waals surface area contributed by atoms with Crippen LogP contribution in [0.4, 0.5) is 5.69 Å². The van der Waals surface area contributed by atoms with Crippen molar-refractivity contribution in [2.45, 2.75) is 46.6 Å². The Morgan fingerprint density at radius 3 is 2.57 bits per heavy atom. The van der Waals surface area contributed by atoms with Gasteiger partial charge in [-0.1, -0.05) is 36.7 Å². The zero-order valence-electron chi connectivity index (χ0n) is 13.8. The lowest BCUT2D eigenvalue weighted by molar-refractivity contribution is 0.356. The summed E-state index contributed by atoms with van der Waals surface area (Å²) in [6.07, 6.45) is 2.53. The number of rotatable bonds is 5. The molecule has 3 atom stereocenters. The van der Waals surface area contributed by atoms with E-state index < -0.39 is 0 Å². The number of benzene rings is 1. The van der Waals surface area contributed by atoms with Crippen molar-refractivity contribution in [1.82, 2.24) is 5.32 Å². The molecule has 3 unspecified atom stereocenters. The van der Waals surface area contributed by atoms with Gasteiger partial charge in [0.05, 0.1) is 0 Å². The van der Waals surface area contributed by atoms with E-state index in [1.165, 1.54) is 41.7 Å². The second-order valence-electron chi connectivity index (χ2n) is 6.73. The highest BCUT2D eigenvalue weighted by Gasteiger charge is 2.24. The van der Waals surface area contributed by atoms with Gasteiger partial charge in [-0.3, -0.25) is 0 Å². The van der Waals surface area contributed by atoms with Crippen LogP contribution in [0.2, 0.25) is 0 Å². The van der Waals surface area contributed by atoms with E-state index in [4.69, 9.17) is 0 Å². The topological polar surface area (TPSA) is 15.3 Å². The summed E-state index contributed by atoms with van der Waals surface area (Å²) in [5, 5.41) is 3.63. The quantitative estimate of drug-likeness (QED) is 0.802. The van der Waals surface area contributed by atoms with E-state index in [1.54, 1.807) is 0 Å². The van der Waals surface area contributed by atoms with Crippen LogP contribution in [0, 0.1) is 11.8 Å². The van der Waals surface area contributed by atoms with E-state index in [-0.39, 0.29) is 0 Å². The van der Waals surface area contributed by atoms with Gasteiger partial charge in [0.25, 0.3) is 0 Å². The van der Waals surface area contributed by atoms with Gasteiger partial charge < -0.3 is 10.2 Å². The van der Waals surface area contributed by atoms with Crippen molar-refractivity contribution >= 4 is 21.6 Å². The Morgan fingerprint density at radius 1 is 1.29 bits per heavy atom. The van der Waals surface area contributed by atoms with E-state index in [2.05, 4.69) is 72.0 Å². The molecular weight excluding hydrogens is 324 g/mol. The Kier molecular flexibility index (Phi) is 6.12. The molecule has 1 heterocycles. The number of hydrogen-bond acceptors (Lipinski definition) is 2. The fourth-order valence-electron chi connectivity index (χ4n) is 3.49. The standard InChI is InChI=1S/C18H29BrN2/c1-5-8-20-15(4)17-10-16(19)6-7-18(17)21-11-13(2)9-14(3)12-21/h6-7,10,13-15,20H,5,8-9,11-12H2,1-4H3. The molecule has 118 valence electrons. The minimum absolute atomic E-state index is 0.394. The van der Waals surface area contributed by atoms with Gasteiger partial charge in [0.15, 0.2) is 0 Å². The van der Waals surface area contributed by atoms with Gasteiger partial charge in [0.1, 0.15) is 0 Å². The SMILES string of the molecule is CCCNC(C)c1cc(Br)ccc1N1CC(C)CC(C)C1. The first kappa shape index (κ1) is 16.8. The lowest BCUT2D eigenvalue weighted by atomic mass is 9.90. The summed E-state index contributed by atoms with van der Waals surface area (Å²) in [6.45, 7) is 12.7. The first-order valence-corrected chi connectivity index (χ1v) is 9.08. The van der Waals surface area contributed by atoms with E-state index in [9.17, 15) is 0 Å². The molecule has 1 aliphatic heterocycles. The molecule has 1 aromatic rings. The fourth-order valence-corrected chi connectivity index (χ4v) is 3.87. The molecule has 3 heteroatoms. The normalized spacial score (nSPS) is 24.1.